The fourth-order valence-electron chi connectivity index (χ4n) is 2.89. The number of benzene rings is 2. The number of hydrogen-bond acceptors (Lipinski definition) is 2. The molecule has 2 N–H and O–H groups in total. The highest BCUT2D eigenvalue weighted by Crippen LogP contribution is 2.31. The molecule has 114 valence electrons. The molecule has 0 aromatic heterocycles. The molecule has 2 amide bonds. The lowest BCUT2D eigenvalue weighted by atomic mass is 9.94. The van der Waals surface area contributed by atoms with Crippen LogP contribution in [-0.4, -0.2) is 31.6 Å². The molecule has 3 rings (SSSR count). The molecule has 1 heterocycles. The standard InChI is InChI=1S/C18H21N3O/c1-19-18(22)20-17-6-4-3-5-16(17)14-7-8-15-12-21(2)10-9-13(15)11-14/h3-8,11H,9-10,12H2,1-2H3,(H2,19,20,22). The van der Waals surface area contributed by atoms with E-state index in [0.29, 0.717) is 0 Å². The van der Waals surface area contributed by atoms with E-state index in [4.69, 9.17) is 0 Å². The van der Waals surface area contributed by atoms with Crippen LogP contribution in [0, 0.1) is 0 Å². The largest absolute Gasteiger partial charge is 0.341 e. The molecule has 0 atom stereocenters. The molecule has 1 aliphatic rings. The lowest BCUT2D eigenvalue weighted by Crippen LogP contribution is -2.26. The highest BCUT2D eigenvalue weighted by atomic mass is 16.2. The summed E-state index contributed by atoms with van der Waals surface area (Å²) in [4.78, 5) is 13.9. The minimum atomic E-state index is -0.202. The van der Waals surface area contributed by atoms with E-state index in [2.05, 4.69) is 40.8 Å². The molecule has 0 spiro atoms. The first-order valence-corrected chi connectivity index (χ1v) is 7.56. The van der Waals surface area contributed by atoms with Crippen LogP contribution in [0.4, 0.5) is 10.5 Å². The number of fused-ring (bicyclic) bond motifs is 1. The Labute approximate surface area is 131 Å². The monoisotopic (exact) mass is 295 g/mol. The van der Waals surface area contributed by atoms with Crippen molar-refractivity contribution in [3.63, 3.8) is 0 Å². The van der Waals surface area contributed by atoms with Crippen LogP contribution in [0.25, 0.3) is 11.1 Å². The number of likely N-dealkylation sites (N-methyl/N-ethyl adjacent to an activating group) is 1. The summed E-state index contributed by atoms with van der Waals surface area (Å²) in [7, 11) is 3.77. The van der Waals surface area contributed by atoms with E-state index >= 15 is 0 Å². The van der Waals surface area contributed by atoms with Gasteiger partial charge in [0.05, 0.1) is 5.69 Å². The van der Waals surface area contributed by atoms with Crippen LogP contribution in [0.1, 0.15) is 11.1 Å². The van der Waals surface area contributed by atoms with Gasteiger partial charge in [0.2, 0.25) is 0 Å². The van der Waals surface area contributed by atoms with Crippen LogP contribution in [-0.2, 0) is 13.0 Å². The summed E-state index contributed by atoms with van der Waals surface area (Å²) in [5.74, 6) is 0. The molecule has 1 aliphatic heterocycles. The van der Waals surface area contributed by atoms with Gasteiger partial charge in [0.1, 0.15) is 0 Å². The Bertz CT molecular complexity index is 696. The second kappa shape index (κ2) is 6.20. The van der Waals surface area contributed by atoms with Crippen molar-refractivity contribution in [1.29, 1.82) is 0 Å². The van der Waals surface area contributed by atoms with Gasteiger partial charge in [0, 0.05) is 25.7 Å². The van der Waals surface area contributed by atoms with Gasteiger partial charge in [-0.1, -0.05) is 36.4 Å². The zero-order valence-corrected chi connectivity index (χ0v) is 13.0. The van der Waals surface area contributed by atoms with Gasteiger partial charge in [-0.2, -0.15) is 0 Å². The first-order chi connectivity index (χ1) is 10.7. The fourth-order valence-corrected chi connectivity index (χ4v) is 2.89. The molecule has 0 aliphatic carbocycles. The number of anilines is 1. The van der Waals surface area contributed by atoms with Crippen molar-refractivity contribution in [2.45, 2.75) is 13.0 Å². The van der Waals surface area contributed by atoms with E-state index in [-0.39, 0.29) is 6.03 Å². The summed E-state index contributed by atoms with van der Waals surface area (Å²) >= 11 is 0. The van der Waals surface area contributed by atoms with Crippen LogP contribution in [0.15, 0.2) is 42.5 Å². The molecule has 0 fully saturated rings. The predicted molar refractivity (Wildman–Crippen MR) is 90.0 cm³/mol. The van der Waals surface area contributed by atoms with Crippen LogP contribution in [0.2, 0.25) is 0 Å². The maximum atomic E-state index is 11.6. The zero-order chi connectivity index (χ0) is 15.5. The number of nitrogens with zero attached hydrogens (tertiary/aromatic N) is 1. The summed E-state index contributed by atoms with van der Waals surface area (Å²) in [6, 6.07) is 14.3. The van der Waals surface area contributed by atoms with Crippen molar-refractivity contribution >= 4 is 11.7 Å². The Morgan fingerprint density at radius 1 is 1.14 bits per heavy atom. The number of amides is 2. The Hall–Kier alpha value is -2.33. The molecule has 4 nitrogen and oxygen atoms in total. The first kappa shape index (κ1) is 14.6. The molecule has 0 saturated carbocycles. The number of urea groups is 1. The Kier molecular flexibility index (Phi) is 4.11. The van der Waals surface area contributed by atoms with Crippen molar-refractivity contribution in [2.24, 2.45) is 0 Å². The highest BCUT2D eigenvalue weighted by molar-refractivity contribution is 5.94. The van der Waals surface area contributed by atoms with E-state index in [1.54, 1.807) is 7.05 Å². The van der Waals surface area contributed by atoms with Crippen LogP contribution in [0.3, 0.4) is 0 Å². The maximum absolute atomic E-state index is 11.6. The number of rotatable bonds is 2. The van der Waals surface area contributed by atoms with Crippen molar-refractivity contribution in [2.75, 3.05) is 26.0 Å². The van der Waals surface area contributed by atoms with E-state index < -0.39 is 0 Å². The van der Waals surface area contributed by atoms with E-state index in [0.717, 1.165) is 36.3 Å². The minimum Gasteiger partial charge on any atom is -0.341 e. The molecule has 0 saturated heterocycles. The third-order valence-corrected chi connectivity index (χ3v) is 4.12. The van der Waals surface area contributed by atoms with Gasteiger partial charge < -0.3 is 15.5 Å². The molecule has 4 heteroatoms. The summed E-state index contributed by atoms with van der Waals surface area (Å²) in [6.07, 6.45) is 1.07. The highest BCUT2D eigenvalue weighted by Gasteiger charge is 2.15. The zero-order valence-electron chi connectivity index (χ0n) is 13.0. The van der Waals surface area contributed by atoms with Crippen LogP contribution >= 0.6 is 0 Å². The van der Waals surface area contributed by atoms with Crippen LogP contribution < -0.4 is 10.6 Å². The van der Waals surface area contributed by atoms with Gasteiger partial charge >= 0.3 is 6.03 Å². The molecule has 2 aromatic carbocycles. The van der Waals surface area contributed by atoms with Gasteiger partial charge in [-0.3, -0.25) is 0 Å². The summed E-state index contributed by atoms with van der Waals surface area (Å²) in [5, 5.41) is 5.48. The second-order valence-electron chi connectivity index (χ2n) is 5.72. The maximum Gasteiger partial charge on any atom is 0.318 e. The molecule has 22 heavy (non-hydrogen) atoms. The molecular formula is C18H21N3O. The third kappa shape index (κ3) is 2.97. The molecule has 2 aromatic rings. The number of para-hydroxylation sites is 1. The third-order valence-electron chi connectivity index (χ3n) is 4.12. The second-order valence-corrected chi connectivity index (χ2v) is 5.72. The molecular weight excluding hydrogens is 274 g/mol. The van der Waals surface area contributed by atoms with Crippen molar-refractivity contribution in [3.8, 4) is 11.1 Å². The van der Waals surface area contributed by atoms with Crippen LogP contribution in [0.5, 0.6) is 0 Å². The van der Waals surface area contributed by atoms with Gasteiger partial charge in [-0.25, -0.2) is 4.79 Å². The average molecular weight is 295 g/mol. The van der Waals surface area contributed by atoms with E-state index in [1.807, 2.05) is 24.3 Å². The topological polar surface area (TPSA) is 44.4 Å². The Morgan fingerprint density at radius 3 is 2.77 bits per heavy atom. The SMILES string of the molecule is CNC(=O)Nc1ccccc1-c1ccc2c(c1)CCN(C)C2. The van der Waals surface area contributed by atoms with Crippen molar-refractivity contribution in [1.82, 2.24) is 10.2 Å². The average Bonchev–Trinajstić information content (AvgIpc) is 2.55. The quantitative estimate of drug-likeness (QED) is 0.894. The lowest BCUT2D eigenvalue weighted by Gasteiger charge is -2.25. The molecule has 0 radical (unpaired) electrons. The normalized spacial score (nSPS) is 14.3. The Balaban J connectivity index is 1.96. The fraction of sp³-hybridized carbons (Fsp3) is 0.278. The number of hydrogen-bond donors (Lipinski definition) is 2. The van der Waals surface area contributed by atoms with Gasteiger partial charge in [-0.05, 0) is 36.2 Å². The summed E-state index contributed by atoms with van der Waals surface area (Å²) < 4.78 is 0. The smallest absolute Gasteiger partial charge is 0.318 e. The Morgan fingerprint density at radius 2 is 1.95 bits per heavy atom. The van der Waals surface area contributed by atoms with Crippen molar-refractivity contribution < 1.29 is 4.79 Å². The first-order valence-electron chi connectivity index (χ1n) is 7.56. The van der Waals surface area contributed by atoms with Crippen molar-refractivity contribution in [3.05, 3.63) is 53.6 Å². The van der Waals surface area contributed by atoms with Gasteiger partial charge in [0.15, 0.2) is 0 Å². The van der Waals surface area contributed by atoms with E-state index in [9.17, 15) is 4.79 Å². The number of carbonyl (C=O) groups excluding carboxylic acids is 1. The van der Waals surface area contributed by atoms with Gasteiger partial charge in [0.25, 0.3) is 0 Å². The van der Waals surface area contributed by atoms with Gasteiger partial charge in [-0.15, -0.1) is 0 Å². The number of carbonyl (C=O) groups is 1. The summed E-state index contributed by atoms with van der Waals surface area (Å²) in [5.41, 5.74) is 5.83. The predicted octanol–water partition coefficient (Wildman–Crippen LogP) is 3.09. The van der Waals surface area contributed by atoms with E-state index in [1.165, 1.54) is 11.1 Å². The summed E-state index contributed by atoms with van der Waals surface area (Å²) in [6.45, 7) is 2.10. The molecule has 0 unspecified atom stereocenters. The number of nitrogens with one attached hydrogen (secondary N) is 2. The lowest BCUT2D eigenvalue weighted by molar-refractivity contribution is 0.254. The minimum absolute atomic E-state index is 0.202. The molecule has 0 bridgehead atoms.